The fourth-order valence-corrected chi connectivity index (χ4v) is 5.10. The highest BCUT2D eigenvalue weighted by Gasteiger charge is 2.67. The van der Waals surface area contributed by atoms with E-state index in [1.165, 1.54) is 12.1 Å². The molecule has 2 N–H and O–H groups in total. The van der Waals surface area contributed by atoms with Gasteiger partial charge >= 0.3 is 6.18 Å². The highest BCUT2D eigenvalue weighted by Crippen LogP contribution is 2.65. The maximum absolute atomic E-state index is 12.9. The number of hydrogen-bond donors (Lipinski definition) is 2. The van der Waals surface area contributed by atoms with Crippen molar-refractivity contribution in [2.75, 3.05) is 10.6 Å². The van der Waals surface area contributed by atoms with Crippen LogP contribution in [0.2, 0.25) is 10.0 Å². The van der Waals surface area contributed by atoms with Crippen LogP contribution < -0.4 is 10.6 Å². The second kappa shape index (κ2) is 9.54. The molecule has 0 spiro atoms. The molecule has 0 aromatic heterocycles. The van der Waals surface area contributed by atoms with Crippen LogP contribution in [0.25, 0.3) is 0 Å². The first-order chi connectivity index (χ1) is 16.4. The molecule has 1 aliphatic carbocycles. The summed E-state index contributed by atoms with van der Waals surface area (Å²) in [6.45, 7) is 0. The Balaban J connectivity index is 1.44. The van der Waals surface area contributed by atoms with E-state index >= 15 is 0 Å². The highest BCUT2D eigenvalue weighted by atomic mass is 35.5. The summed E-state index contributed by atoms with van der Waals surface area (Å²) in [5.41, 5.74) is 0.478. The molecule has 3 aromatic carbocycles. The van der Waals surface area contributed by atoms with E-state index in [9.17, 15) is 22.8 Å². The van der Waals surface area contributed by atoms with E-state index in [0.29, 0.717) is 21.3 Å². The van der Waals surface area contributed by atoms with Crippen molar-refractivity contribution in [3.05, 3.63) is 93.5 Å². The maximum Gasteiger partial charge on any atom is 0.416 e. The number of nitrogens with one attached hydrogen (secondary N) is 2. The SMILES string of the molecule is O=C(Nc1ccc(C(F)(F)F)cc1)c1cccc(NC(=O)[C@H]2[C@H](c3cc(Cl)cc(Cl)c3)C2(Cl)Cl)c1. The van der Waals surface area contributed by atoms with Crippen molar-refractivity contribution in [2.24, 2.45) is 5.92 Å². The smallest absolute Gasteiger partial charge is 0.326 e. The molecule has 0 unspecified atom stereocenters. The number of hydrogen-bond acceptors (Lipinski definition) is 2. The lowest BCUT2D eigenvalue weighted by Gasteiger charge is -2.10. The van der Waals surface area contributed by atoms with Crippen molar-refractivity contribution in [3.8, 4) is 0 Å². The quantitative estimate of drug-likeness (QED) is 0.312. The molecule has 2 amide bonds. The third kappa shape index (κ3) is 5.70. The first-order valence-corrected chi connectivity index (χ1v) is 11.6. The van der Waals surface area contributed by atoms with Gasteiger partial charge in [0.2, 0.25) is 5.91 Å². The molecule has 11 heteroatoms. The van der Waals surface area contributed by atoms with Crippen LogP contribution in [0.5, 0.6) is 0 Å². The Morgan fingerprint density at radius 2 is 1.46 bits per heavy atom. The van der Waals surface area contributed by atoms with E-state index in [1.807, 2.05) is 0 Å². The molecule has 0 saturated heterocycles. The number of alkyl halides is 5. The molecular formula is C24H15Cl4F3N2O2. The molecule has 1 fully saturated rings. The number of carbonyl (C=O) groups is 2. The minimum atomic E-state index is -4.47. The van der Waals surface area contributed by atoms with Gasteiger partial charge in [0.25, 0.3) is 5.91 Å². The summed E-state index contributed by atoms with van der Waals surface area (Å²) in [5.74, 6) is -2.35. The molecule has 2 atom stereocenters. The van der Waals surface area contributed by atoms with Crippen LogP contribution in [0.15, 0.2) is 66.7 Å². The number of carbonyl (C=O) groups excluding carboxylic acids is 2. The Hall–Kier alpha value is -2.45. The first kappa shape index (κ1) is 25.6. The van der Waals surface area contributed by atoms with Gasteiger partial charge in [0, 0.05) is 32.9 Å². The molecule has 0 aliphatic heterocycles. The zero-order chi connectivity index (χ0) is 25.5. The van der Waals surface area contributed by atoms with Crippen molar-refractivity contribution >= 4 is 69.6 Å². The van der Waals surface area contributed by atoms with E-state index in [4.69, 9.17) is 46.4 Å². The Bertz CT molecular complexity index is 1280. The van der Waals surface area contributed by atoms with Gasteiger partial charge < -0.3 is 10.6 Å². The third-order valence-electron chi connectivity index (χ3n) is 5.44. The normalized spacial score (nSPS) is 18.6. The van der Waals surface area contributed by atoms with Gasteiger partial charge in [0.05, 0.1) is 11.5 Å². The minimum absolute atomic E-state index is 0.180. The fourth-order valence-electron chi connectivity index (χ4n) is 3.73. The maximum atomic E-state index is 12.9. The lowest BCUT2D eigenvalue weighted by molar-refractivity contribution is -0.137. The Morgan fingerprint density at radius 3 is 2.06 bits per heavy atom. The van der Waals surface area contributed by atoms with Gasteiger partial charge in [0.1, 0.15) is 4.33 Å². The molecular weight excluding hydrogens is 547 g/mol. The molecule has 0 heterocycles. The van der Waals surface area contributed by atoms with Crippen LogP contribution in [-0.2, 0) is 11.0 Å². The summed E-state index contributed by atoms with van der Waals surface area (Å²) < 4.78 is 36.8. The molecule has 1 aliphatic rings. The second-order valence-electron chi connectivity index (χ2n) is 7.93. The third-order valence-corrected chi connectivity index (χ3v) is 6.82. The summed E-state index contributed by atoms with van der Waals surface area (Å²) in [7, 11) is 0. The van der Waals surface area contributed by atoms with Gasteiger partial charge in [0.15, 0.2) is 0 Å². The zero-order valence-corrected chi connectivity index (χ0v) is 20.5. The summed E-state index contributed by atoms with van der Waals surface area (Å²) in [6, 6.07) is 14.9. The molecule has 0 radical (unpaired) electrons. The number of benzene rings is 3. The predicted octanol–water partition coefficient (Wildman–Crippen LogP) is 7.79. The lowest BCUT2D eigenvalue weighted by atomic mass is 10.1. The number of halogens is 7. The first-order valence-electron chi connectivity index (χ1n) is 10.1. The lowest BCUT2D eigenvalue weighted by Crippen LogP contribution is -2.18. The number of amides is 2. The van der Waals surface area contributed by atoms with Gasteiger partial charge in [-0.1, -0.05) is 29.3 Å². The summed E-state index contributed by atoms with van der Waals surface area (Å²) >= 11 is 24.8. The average molecular weight is 562 g/mol. The zero-order valence-electron chi connectivity index (χ0n) is 17.5. The Labute approximate surface area is 218 Å². The molecule has 182 valence electrons. The molecule has 3 aromatic rings. The van der Waals surface area contributed by atoms with Crippen LogP contribution in [-0.4, -0.2) is 16.1 Å². The Morgan fingerprint density at radius 1 is 0.829 bits per heavy atom. The summed E-state index contributed by atoms with van der Waals surface area (Å²) in [6.07, 6.45) is -4.47. The van der Waals surface area contributed by atoms with Crippen LogP contribution in [0.4, 0.5) is 24.5 Å². The van der Waals surface area contributed by atoms with E-state index in [0.717, 1.165) is 24.3 Å². The topological polar surface area (TPSA) is 58.2 Å². The van der Waals surface area contributed by atoms with Crippen molar-refractivity contribution in [1.82, 2.24) is 0 Å². The van der Waals surface area contributed by atoms with Crippen molar-refractivity contribution in [1.29, 1.82) is 0 Å². The molecule has 1 saturated carbocycles. The molecule has 4 nitrogen and oxygen atoms in total. The van der Waals surface area contributed by atoms with Gasteiger partial charge in [-0.2, -0.15) is 13.2 Å². The van der Waals surface area contributed by atoms with E-state index in [1.54, 1.807) is 30.3 Å². The van der Waals surface area contributed by atoms with Crippen LogP contribution in [0.3, 0.4) is 0 Å². The summed E-state index contributed by atoms with van der Waals surface area (Å²) in [5, 5.41) is 5.98. The van der Waals surface area contributed by atoms with Crippen LogP contribution >= 0.6 is 46.4 Å². The predicted molar refractivity (Wildman–Crippen MR) is 132 cm³/mol. The van der Waals surface area contributed by atoms with Crippen molar-refractivity contribution in [3.63, 3.8) is 0 Å². The van der Waals surface area contributed by atoms with E-state index in [2.05, 4.69) is 10.6 Å². The minimum Gasteiger partial charge on any atom is -0.326 e. The number of anilines is 2. The van der Waals surface area contributed by atoms with E-state index in [-0.39, 0.29) is 11.3 Å². The Kier molecular flexibility index (Phi) is 6.99. The van der Waals surface area contributed by atoms with Crippen molar-refractivity contribution in [2.45, 2.75) is 16.4 Å². The van der Waals surface area contributed by atoms with E-state index < -0.39 is 39.7 Å². The largest absolute Gasteiger partial charge is 0.416 e. The van der Waals surface area contributed by atoms with Gasteiger partial charge in [-0.05, 0) is 66.2 Å². The monoisotopic (exact) mass is 560 g/mol. The van der Waals surface area contributed by atoms with Gasteiger partial charge in [-0.3, -0.25) is 9.59 Å². The fraction of sp³-hybridized carbons (Fsp3) is 0.167. The molecule has 35 heavy (non-hydrogen) atoms. The van der Waals surface area contributed by atoms with Crippen molar-refractivity contribution < 1.29 is 22.8 Å². The number of rotatable bonds is 5. The molecule has 4 rings (SSSR count). The van der Waals surface area contributed by atoms with Gasteiger partial charge in [-0.15, -0.1) is 23.2 Å². The highest BCUT2D eigenvalue weighted by molar-refractivity contribution is 6.53. The van der Waals surface area contributed by atoms with Crippen LogP contribution in [0, 0.1) is 5.92 Å². The second-order valence-corrected chi connectivity index (χ2v) is 10.2. The van der Waals surface area contributed by atoms with Crippen LogP contribution in [0.1, 0.15) is 27.4 Å². The van der Waals surface area contributed by atoms with Gasteiger partial charge in [-0.25, -0.2) is 0 Å². The molecule has 0 bridgehead atoms. The summed E-state index contributed by atoms with van der Waals surface area (Å²) in [4.78, 5) is 25.5. The standard InChI is InChI=1S/C24H15Cl4F3N2O2/c25-15-8-13(9-16(26)11-15)19-20(23(19,27)28)22(35)33-18-3-1-2-12(10-18)21(34)32-17-6-4-14(5-7-17)24(29,30)31/h1-11,19-20H,(H,32,34)(H,33,35)/t19-,20+/m0/s1. The average Bonchev–Trinajstić information content (AvgIpc) is 3.35.